The van der Waals surface area contributed by atoms with Crippen molar-refractivity contribution in [1.82, 2.24) is 9.97 Å². The summed E-state index contributed by atoms with van der Waals surface area (Å²) in [5, 5.41) is 3.53. The van der Waals surface area contributed by atoms with Crippen molar-refractivity contribution in [3.63, 3.8) is 0 Å². The summed E-state index contributed by atoms with van der Waals surface area (Å²) in [4.78, 5) is 21.2. The van der Waals surface area contributed by atoms with Crippen molar-refractivity contribution in [1.29, 1.82) is 0 Å². The molecule has 0 radical (unpaired) electrons. The summed E-state index contributed by atoms with van der Waals surface area (Å²) < 4.78 is 0. The summed E-state index contributed by atoms with van der Waals surface area (Å²) in [5.41, 5.74) is 6.53. The maximum absolute atomic E-state index is 12.1. The van der Waals surface area contributed by atoms with Gasteiger partial charge in [0.15, 0.2) is 11.5 Å². The predicted octanol–water partition coefficient (Wildman–Crippen LogP) is 3.35. The highest BCUT2D eigenvalue weighted by Crippen LogP contribution is 2.34. The first-order valence-electron chi connectivity index (χ1n) is 7.37. The second-order valence-corrected chi connectivity index (χ2v) is 6.67. The minimum atomic E-state index is -0.346. The first kappa shape index (κ1) is 14.8. The van der Waals surface area contributed by atoms with E-state index in [1.54, 1.807) is 0 Å². The molecule has 5 nitrogen and oxygen atoms in total. The SMILES string of the molecule is Nc1nccnc1C(=O)Nc1ccc(SC2CCCC2)cc1. The fourth-order valence-corrected chi connectivity index (χ4v) is 3.78. The molecule has 3 rings (SSSR count). The van der Waals surface area contributed by atoms with E-state index in [4.69, 9.17) is 5.73 Å². The third-order valence-electron chi connectivity index (χ3n) is 3.66. The molecule has 6 heteroatoms. The second-order valence-electron chi connectivity index (χ2n) is 5.29. The van der Waals surface area contributed by atoms with Crippen molar-refractivity contribution >= 4 is 29.2 Å². The zero-order valence-corrected chi connectivity index (χ0v) is 13.0. The molecule has 0 aliphatic heterocycles. The Balaban J connectivity index is 1.63. The lowest BCUT2D eigenvalue weighted by molar-refractivity contribution is 0.102. The fraction of sp³-hybridized carbons (Fsp3) is 0.312. The van der Waals surface area contributed by atoms with E-state index in [0.717, 1.165) is 10.9 Å². The third-order valence-corrected chi connectivity index (χ3v) is 5.01. The first-order valence-corrected chi connectivity index (χ1v) is 8.25. The molecule has 2 aromatic rings. The van der Waals surface area contributed by atoms with Crippen LogP contribution in [0.15, 0.2) is 41.6 Å². The number of hydrogen-bond donors (Lipinski definition) is 2. The van der Waals surface area contributed by atoms with Gasteiger partial charge in [0, 0.05) is 28.2 Å². The lowest BCUT2D eigenvalue weighted by Crippen LogP contribution is -2.16. The Bertz CT molecular complexity index is 653. The van der Waals surface area contributed by atoms with Crippen molar-refractivity contribution < 1.29 is 4.79 Å². The maximum Gasteiger partial charge on any atom is 0.278 e. The smallest absolute Gasteiger partial charge is 0.278 e. The number of benzene rings is 1. The minimum absolute atomic E-state index is 0.133. The molecule has 0 bridgehead atoms. The monoisotopic (exact) mass is 314 g/mol. The van der Waals surface area contributed by atoms with Gasteiger partial charge in [0.05, 0.1) is 0 Å². The predicted molar refractivity (Wildman–Crippen MR) is 89.0 cm³/mol. The van der Waals surface area contributed by atoms with Gasteiger partial charge >= 0.3 is 0 Å². The number of thioether (sulfide) groups is 1. The lowest BCUT2D eigenvalue weighted by Gasteiger charge is -2.10. The van der Waals surface area contributed by atoms with Gasteiger partial charge in [-0.3, -0.25) is 4.79 Å². The van der Waals surface area contributed by atoms with Gasteiger partial charge in [-0.2, -0.15) is 0 Å². The number of nitrogen functional groups attached to an aromatic ring is 1. The van der Waals surface area contributed by atoms with Gasteiger partial charge in [-0.15, -0.1) is 11.8 Å². The van der Waals surface area contributed by atoms with Crippen LogP contribution in [-0.4, -0.2) is 21.1 Å². The zero-order valence-electron chi connectivity index (χ0n) is 12.2. The van der Waals surface area contributed by atoms with Gasteiger partial charge in [-0.25, -0.2) is 9.97 Å². The topological polar surface area (TPSA) is 80.9 Å². The normalized spacial score (nSPS) is 14.9. The van der Waals surface area contributed by atoms with E-state index in [-0.39, 0.29) is 17.4 Å². The summed E-state index contributed by atoms with van der Waals surface area (Å²) >= 11 is 1.92. The van der Waals surface area contributed by atoms with Gasteiger partial charge in [0.25, 0.3) is 5.91 Å². The Morgan fingerprint density at radius 3 is 2.50 bits per heavy atom. The molecule has 114 valence electrons. The Morgan fingerprint density at radius 1 is 1.14 bits per heavy atom. The number of carbonyl (C=O) groups is 1. The van der Waals surface area contributed by atoms with Crippen LogP contribution >= 0.6 is 11.8 Å². The van der Waals surface area contributed by atoms with Crippen LogP contribution in [0.1, 0.15) is 36.2 Å². The van der Waals surface area contributed by atoms with Crippen molar-refractivity contribution in [3.8, 4) is 0 Å². The molecule has 1 saturated carbocycles. The number of nitrogens with one attached hydrogen (secondary N) is 1. The Morgan fingerprint density at radius 2 is 1.82 bits per heavy atom. The molecule has 22 heavy (non-hydrogen) atoms. The quantitative estimate of drug-likeness (QED) is 0.904. The van der Waals surface area contributed by atoms with E-state index in [2.05, 4.69) is 15.3 Å². The number of nitrogens with zero attached hydrogens (tertiary/aromatic N) is 2. The molecular formula is C16H18N4OS. The summed E-state index contributed by atoms with van der Waals surface area (Å²) in [5.74, 6) is -0.213. The molecule has 3 N–H and O–H groups in total. The largest absolute Gasteiger partial charge is 0.382 e. The third kappa shape index (κ3) is 3.57. The second kappa shape index (κ2) is 6.79. The van der Waals surface area contributed by atoms with Crippen molar-refractivity contribution in [2.24, 2.45) is 0 Å². The number of rotatable bonds is 4. The Hall–Kier alpha value is -2.08. The highest BCUT2D eigenvalue weighted by molar-refractivity contribution is 8.00. The summed E-state index contributed by atoms with van der Waals surface area (Å²) in [6, 6.07) is 7.89. The van der Waals surface area contributed by atoms with Gasteiger partial charge in [-0.1, -0.05) is 12.8 Å². The van der Waals surface area contributed by atoms with E-state index in [1.807, 2.05) is 36.0 Å². The van der Waals surface area contributed by atoms with Crippen LogP contribution in [0.5, 0.6) is 0 Å². The molecule has 0 unspecified atom stereocenters. The summed E-state index contributed by atoms with van der Waals surface area (Å²) in [6.45, 7) is 0. The summed E-state index contributed by atoms with van der Waals surface area (Å²) in [7, 11) is 0. The number of amides is 1. The van der Waals surface area contributed by atoms with E-state index in [0.29, 0.717) is 0 Å². The molecule has 1 aliphatic carbocycles. The van der Waals surface area contributed by atoms with Gasteiger partial charge in [-0.05, 0) is 37.1 Å². The van der Waals surface area contributed by atoms with Crippen LogP contribution in [-0.2, 0) is 0 Å². The number of anilines is 2. The molecule has 1 fully saturated rings. The molecule has 1 amide bonds. The zero-order chi connectivity index (χ0) is 15.4. The number of carbonyl (C=O) groups excluding carboxylic acids is 1. The van der Waals surface area contributed by atoms with Gasteiger partial charge in [0.2, 0.25) is 0 Å². The molecule has 0 saturated heterocycles. The van der Waals surface area contributed by atoms with Crippen molar-refractivity contribution in [2.45, 2.75) is 35.8 Å². The Kier molecular flexibility index (Phi) is 4.58. The standard InChI is InChI=1S/C16H18N4OS/c17-15-14(18-9-10-19-15)16(21)20-11-5-7-13(8-6-11)22-12-3-1-2-4-12/h5-10,12H,1-4H2,(H2,17,19)(H,20,21). The van der Waals surface area contributed by atoms with E-state index in [1.165, 1.54) is 43.0 Å². The van der Waals surface area contributed by atoms with Crippen LogP contribution in [0.4, 0.5) is 11.5 Å². The number of aromatic nitrogens is 2. The average molecular weight is 314 g/mol. The number of hydrogen-bond acceptors (Lipinski definition) is 5. The molecule has 1 heterocycles. The Labute approximate surface area is 133 Å². The van der Waals surface area contributed by atoms with Gasteiger partial charge in [0.1, 0.15) is 0 Å². The molecule has 0 spiro atoms. The van der Waals surface area contributed by atoms with Crippen LogP contribution in [0, 0.1) is 0 Å². The molecular weight excluding hydrogens is 296 g/mol. The summed E-state index contributed by atoms with van der Waals surface area (Å²) in [6.07, 6.45) is 8.19. The lowest BCUT2D eigenvalue weighted by atomic mass is 10.3. The highest BCUT2D eigenvalue weighted by Gasteiger charge is 2.16. The van der Waals surface area contributed by atoms with Crippen molar-refractivity contribution in [2.75, 3.05) is 11.1 Å². The van der Waals surface area contributed by atoms with Gasteiger partial charge < -0.3 is 11.1 Å². The number of nitrogens with two attached hydrogens (primary N) is 1. The van der Waals surface area contributed by atoms with Crippen LogP contribution in [0.25, 0.3) is 0 Å². The highest BCUT2D eigenvalue weighted by atomic mass is 32.2. The first-order chi connectivity index (χ1) is 10.7. The molecule has 1 aromatic carbocycles. The van der Waals surface area contributed by atoms with E-state index < -0.39 is 0 Å². The van der Waals surface area contributed by atoms with E-state index >= 15 is 0 Å². The average Bonchev–Trinajstić information content (AvgIpc) is 3.02. The molecule has 1 aliphatic rings. The molecule has 1 aromatic heterocycles. The fourth-order valence-electron chi connectivity index (χ4n) is 2.53. The molecule has 0 atom stereocenters. The minimum Gasteiger partial charge on any atom is -0.382 e. The van der Waals surface area contributed by atoms with Crippen LogP contribution < -0.4 is 11.1 Å². The van der Waals surface area contributed by atoms with Crippen LogP contribution in [0.3, 0.4) is 0 Å². The van der Waals surface area contributed by atoms with Crippen LogP contribution in [0.2, 0.25) is 0 Å². The van der Waals surface area contributed by atoms with E-state index in [9.17, 15) is 4.79 Å². The van der Waals surface area contributed by atoms with Crippen molar-refractivity contribution in [3.05, 3.63) is 42.4 Å². The maximum atomic E-state index is 12.1.